The minimum Gasteiger partial charge on any atom is -0.477 e. The van der Waals surface area contributed by atoms with Crippen molar-refractivity contribution in [3.05, 3.63) is 41.4 Å². The zero-order valence-electron chi connectivity index (χ0n) is 14.1. The Bertz CT molecular complexity index is 1210. The number of sulfone groups is 1. The molecule has 3 N–H and O–H groups in total. The number of sulfonamides is 1. The number of rotatable bonds is 7. The fraction of sp³-hybridized carbons (Fsp3) is 0.188. The maximum atomic E-state index is 12.5. The molecule has 2 aromatic heterocycles. The molecular weight excluding hydrogens is 412 g/mol. The average Bonchev–Trinajstić information content (AvgIpc) is 3.25. The number of nitrogens with one attached hydrogen (secondary N) is 2. The highest BCUT2D eigenvalue weighted by molar-refractivity contribution is 7.94. The quantitative estimate of drug-likeness (QED) is 0.530. The van der Waals surface area contributed by atoms with Crippen LogP contribution >= 0.6 is 11.3 Å². The van der Waals surface area contributed by atoms with Crippen molar-refractivity contribution in [3.8, 4) is 0 Å². The van der Waals surface area contributed by atoms with Gasteiger partial charge in [-0.1, -0.05) is 13.0 Å². The maximum Gasteiger partial charge on any atom is 0.352 e. The van der Waals surface area contributed by atoms with Crippen molar-refractivity contribution >= 4 is 53.8 Å². The van der Waals surface area contributed by atoms with E-state index in [1.165, 1.54) is 24.3 Å². The Kier molecular flexibility index (Phi) is 5.02. The molecule has 0 amide bonds. The van der Waals surface area contributed by atoms with Crippen molar-refractivity contribution < 1.29 is 26.7 Å². The van der Waals surface area contributed by atoms with Crippen LogP contribution in [0.15, 0.2) is 44.8 Å². The molecule has 0 unspecified atom stereocenters. The third kappa shape index (κ3) is 3.70. The van der Waals surface area contributed by atoms with Gasteiger partial charge >= 0.3 is 5.97 Å². The van der Waals surface area contributed by atoms with Crippen LogP contribution in [0.4, 0.5) is 5.69 Å². The number of thiophene rings is 1. The van der Waals surface area contributed by atoms with Gasteiger partial charge in [0.25, 0.3) is 10.0 Å². The molecule has 1 aromatic carbocycles. The Balaban J connectivity index is 2.20. The Morgan fingerprint density at radius 3 is 2.56 bits per heavy atom. The number of benzene rings is 1. The van der Waals surface area contributed by atoms with E-state index in [-0.39, 0.29) is 37.1 Å². The van der Waals surface area contributed by atoms with Crippen molar-refractivity contribution in [2.75, 3.05) is 10.5 Å². The SMILES string of the molecule is CCCS(=O)(=O)c1ccc(NS(=O)(=O)c2cccs2)c2[nH]c(C(=O)O)cc12. The van der Waals surface area contributed by atoms with E-state index in [4.69, 9.17) is 0 Å². The van der Waals surface area contributed by atoms with Crippen LogP contribution < -0.4 is 4.72 Å². The van der Waals surface area contributed by atoms with Crippen LogP contribution in [0.5, 0.6) is 0 Å². The van der Waals surface area contributed by atoms with Crippen LogP contribution in [0.2, 0.25) is 0 Å². The van der Waals surface area contributed by atoms with Crippen LogP contribution in [0.25, 0.3) is 10.9 Å². The van der Waals surface area contributed by atoms with Gasteiger partial charge in [-0.2, -0.15) is 0 Å². The fourth-order valence-corrected chi connectivity index (χ4v) is 6.25. The highest BCUT2D eigenvalue weighted by Gasteiger charge is 2.23. The van der Waals surface area contributed by atoms with Gasteiger partial charge in [-0.25, -0.2) is 21.6 Å². The third-order valence-corrected chi connectivity index (χ3v) is 8.53. The van der Waals surface area contributed by atoms with Crippen molar-refractivity contribution in [1.29, 1.82) is 0 Å². The van der Waals surface area contributed by atoms with Gasteiger partial charge in [0.2, 0.25) is 0 Å². The molecule has 0 bridgehead atoms. The second kappa shape index (κ2) is 6.98. The molecule has 3 aromatic rings. The third-order valence-electron chi connectivity index (χ3n) is 3.80. The molecule has 0 fully saturated rings. The maximum absolute atomic E-state index is 12.5. The second-order valence-electron chi connectivity index (χ2n) is 5.74. The molecule has 2 heterocycles. The minimum absolute atomic E-state index is 0.0397. The lowest BCUT2D eigenvalue weighted by atomic mass is 10.2. The number of aromatic nitrogens is 1. The summed E-state index contributed by atoms with van der Waals surface area (Å²) in [5.74, 6) is -1.38. The number of aromatic carboxylic acids is 1. The predicted octanol–water partition coefficient (Wildman–Crippen LogP) is 2.91. The Morgan fingerprint density at radius 2 is 1.96 bits per heavy atom. The number of anilines is 1. The first kappa shape index (κ1) is 19.4. The first-order valence-corrected chi connectivity index (χ1v) is 11.9. The molecule has 8 nitrogen and oxygen atoms in total. The number of hydrogen-bond donors (Lipinski definition) is 3. The number of fused-ring (bicyclic) bond motifs is 1. The molecule has 0 atom stereocenters. The van der Waals surface area contributed by atoms with Crippen LogP contribution in [-0.2, 0) is 19.9 Å². The molecular formula is C16H16N2O6S3. The van der Waals surface area contributed by atoms with E-state index in [0.29, 0.717) is 6.42 Å². The lowest BCUT2D eigenvalue weighted by Crippen LogP contribution is -2.12. The number of carboxylic acids is 1. The second-order valence-corrected chi connectivity index (χ2v) is 10.7. The van der Waals surface area contributed by atoms with Gasteiger partial charge in [0.1, 0.15) is 9.90 Å². The van der Waals surface area contributed by atoms with E-state index in [0.717, 1.165) is 11.3 Å². The zero-order chi connectivity index (χ0) is 19.8. The van der Waals surface area contributed by atoms with Gasteiger partial charge in [0.15, 0.2) is 9.84 Å². The van der Waals surface area contributed by atoms with E-state index in [9.17, 15) is 26.7 Å². The molecule has 27 heavy (non-hydrogen) atoms. The van der Waals surface area contributed by atoms with Gasteiger partial charge in [0, 0.05) is 5.39 Å². The summed E-state index contributed by atoms with van der Waals surface area (Å²) < 4.78 is 52.5. The molecule has 0 radical (unpaired) electrons. The van der Waals surface area contributed by atoms with Gasteiger partial charge in [-0.3, -0.25) is 4.72 Å². The highest BCUT2D eigenvalue weighted by atomic mass is 32.2. The summed E-state index contributed by atoms with van der Waals surface area (Å²) in [6, 6.07) is 6.83. The largest absolute Gasteiger partial charge is 0.477 e. The summed E-state index contributed by atoms with van der Waals surface area (Å²) >= 11 is 1.03. The summed E-state index contributed by atoms with van der Waals surface area (Å²) in [5, 5.41) is 11.0. The predicted molar refractivity (Wildman–Crippen MR) is 103 cm³/mol. The van der Waals surface area contributed by atoms with Gasteiger partial charge in [-0.15, -0.1) is 11.3 Å². The summed E-state index contributed by atoms with van der Waals surface area (Å²) in [7, 11) is -7.52. The van der Waals surface area contributed by atoms with E-state index < -0.39 is 25.8 Å². The van der Waals surface area contributed by atoms with Crippen molar-refractivity contribution in [2.24, 2.45) is 0 Å². The summed E-state index contributed by atoms with van der Waals surface area (Å²) in [6.07, 6.45) is 0.396. The number of carboxylic acid groups (broad SMARTS) is 1. The van der Waals surface area contributed by atoms with Crippen LogP contribution in [-0.4, -0.2) is 38.6 Å². The van der Waals surface area contributed by atoms with Crippen LogP contribution in [0, 0.1) is 0 Å². The Labute approximate surface area is 159 Å². The number of H-pyrrole nitrogens is 1. The van der Waals surface area contributed by atoms with Gasteiger partial charge in [0.05, 0.1) is 21.9 Å². The standard InChI is InChI=1S/C16H16N2O6S3/c1-2-8-26(21,22)13-6-5-11(15-10(13)9-12(17-15)16(19)20)18-27(23,24)14-4-3-7-25-14/h3-7,9,17-18H,2,8H2,1H3,(H,19,20). The fourth-order valence-electron chi connectivity index (χ4n) is 2.66. The minimum atomic E-state index is -3.88. The summed E-state index contributed by atoms with van der Waals surface area (Å²) in [5.41, 5.74) is -0.0632. The highest BCUT2D eigenvalue weighted by Crippen LogP contribution is 2.32. The normalized spacial score (nSPS) is 12.3. The molecule has 0 aliphatic heterocycles. The Morgan fingerprint density at radius 1 is 1.22 bits per heavy atom. The van der Waals surface area contributed by atoms with Crippen LogP contribution in [0.3, 0.4) is 0 Å². The first-order chi connectivity index (χ1) is 12.7. The summed E-state index contributed by atoms with van der Waals surface area (Å²) in [6.45, 7) is 1.72. The van der Waals surface area contributed by atoms with E-state index in [1.54, 1.807) is 18.4 Å². The van der Waals surface area contributed by atoms with Gasteiger partial charge < -0.3 is 10.1 Å². The smallest absolute Gasteiger partial charge is 0.352 e. The lowest BCUT2D eigenvalue weighted by molar-refractivity contribution is 0.0691. The molecule has 0 aliphatic carbocycles. The zero-order valence-corrected chi connectivity index (χ0v) is 16.5. The molecule has 11 heteroatoms. The Hall–Kier alpha value is -2.37. The average molecular weight is 429 g/mol. The molecule has 0 saturated carbocycles. The lowest BCUT2D eigenvalue weighted by Gasteiger charge is -2.10. The number of carbonyl (C=O) groups is 1. The van der Waals surface area contributed by atoms with E-state index in [1.807, 2.05) is 0 Å². The first-order valence-electron chi connectivity index (χ1n) is 7.84. The molecule has 0 saturated heterocycles. The van der Waals surface area contributed by atoms with Crippen molar-refractivity contribution in [1.82, 2.24) is 4.98 Å². The topological polar surface area (TPSA) is 133 Å². The summed E-state index contributed by atoms with van der Waals surface area (Å²) in [4.78, 5) is 13.9. The van der Waals surface area contributed by atoms with Gasteiger partial charge in [-0.05, 0) is 36.1 Å². The molecule has 0 aliphatic rings. The van der Waals surface area contributed by atoms with Crippen LogP contribution in [0.1, 0.15) is 23.8 Å². The molecule has 144 valence electrons. The van der Waals surface area contributed by atoms with E-state index in [2.05, 4.69) is 9.71 Å². The van der Waals surface area contributed by atoms with Crippen molar-refractivity contribution in [2.45, 2.75) is 22.4 Å². The number of aromatic amines is 1. The van der Waals surface area contributed by atoms with Crippen molar-refractivity contribution in [3.63, 3.8) is 0 Å². The number of hydrogen-bond acceptors (Lipinski definition) is 6. The molecule has 0 spiro atoms. The monoisotopic (exact) mass is 428 g/mol. The van der Waals surface area contributed by atoms with E-state index >= 15 is 0 Å². The molecule has 3 rings (SSSR count).